The molecule has 1 aromatic heterocycles. The minimum Gasteiger partial charge on any atom is -0.444 e. The van der Waals surface area contributed by atoms with Crippen molar-refractivity contribution < 1.29 is 23.8 Å². The molecule has 0 radical (unpaired) electrons. The number of aromatic nitrogens is 1. The molecule has 6 rings (SSSR count). The second-order valence-corrected chi connectivity index (χ2v) is 11.1. The van der Waals surface area contributed by atoms with E-state index in [2.05, 4.69) is 10.2 Å². The van der Waals surface area contributed by atoms with Gasteiger partial charge < -0.3 is 19.7 Å². The van der Waals surface area contributed by atoms with E-state index in [4.69, 9.17) is 4.74 Å². The third-order valence-corrected chi connectivity index (χ3v) is 8.70. The molecule has 0 bridgehead atoms. The van der Waals surface area contributed by atoms with Gasteiger partial charge in [-0.2, -0.15) is 0 Å². The second kappa shape index (κ2) is 10.6. The maximum absolute atomic E-state index is 15.1. The minimum atomic E-state index is -0.425. The van der Waals surface area contributed by atoms with Gasteiger partial charge in [0.2, 0.25) is 5.91 Å². The first-order valence-electron chi connectivity index (χ1n) is 13.1. The smallest absolute Gasteiger partial charge is 0.414 e. The predicted octanol–water partition coefficient (Wildman–Crippen LogP) is 3.73. The number of amides is 2. The first kappa shape index (κ1) is 25.8. The van der Waals surface area contributed by atoms with E-state index in [0.717, 1.165) is 10.3 Å². The van der Waals surface area contributed by atoms with E-state index in [1.807, 2.05) is 12.1 Å². The van der Waals surface area contributed by atoms with E-state index in [-0.39, 0.29) is 36.0 Å². The molecule has 1 saturated heterocycles. The van der Waals surface area contributed by atoms with Gasteiger partial charge in [0.1, 0.15) is 11.9 Å². The maximum atomic E-state index is 15.1. The predicted molar refractivity (Wildman–Crippen MR) is 147 cm³/mol. The Bertz CT molecular complexity index is 1510. The van der Waals surface area contributed by atoms with E-state index in [9.17, 15) is 19.5 Å². The van der Waals surface area contributed by atoms with Crippen LogP contribution >= 0.6 is 11.8 Å². The molecule has 2 amide bonds. The summed E-state index contributed by atoms with van der Waals surface area (Å²) in [6.45, 7) is 1.91. The van der Waals surface area contributed by atoms with Gasteiger partial charge in [-0.3, -0.25) is 19.4 Å². The fraction of sp³-hybridized carbons (Fsp3) is 0.393. The number of carbonyl (C=O) groups is 2. The Hall–Kier alpha value is -3.41. The number of hydrogen-bond acceptors (Lipinski definition) is 7. The third kappa shape index (κ3) is 4.90. The highest BCUT2D eigenvalue weighted by Crippen LogP contribution is 2.38. The SMILES string of the molecule is O=C1CSc2ccc(N3C[C@@H](CCCN(CCCO)C4Cn5c(=O)ccc6ccc(F)c4c65)OC3=O)cc2N1. The van der Waals surface area contributed by atoms with Crippen LogP contribution in [-0.4, -0.2) is 64.7 Å². The summed E-state index contributed by atoms with van der Waals surface area (Å²) >= 11 is 1.47. The molecule has 39 heavy (non-hydrogen) atoms. The normalized spacial score (nSPS) is 20.0. The van der Waals surface area contributed by atoms with Crippen molar-refractivity contribution in [3.63, 3.8) is 0 Å². The Kier molecular flexibility index (Phi) is 7.05. The van der Waals surface area contributed by atoms with Gasteiger partial charge in [0.25, 0.3) is 5.56 Å². The molecular formula is C28H29FN4O5S. The molecular weight excluding hydrogens is 523 g/mol. The zero-order chi connectivity index (χ0) is 27.1. The molecule has 0 aliphatic carbocycles. The molecule has 1 fully saturated rings. The number of ether oxygens (including phenoxy) is 1. The zero-order valence-electron chi connectivity index (χ0n) is 21.3. The van der Waals surface area contributed by atoms with Crippen molar-refractivity contribution in [2.75, 3.05) is 42.2 Å². The number of carbonyl (C=O) groups excluding carboxylic acids is 2. The summed E-state index contributed by atoms with van der Waals surface area (Å²) in [5.74, 6) is -0.0250. The molecule has 0 spiro atoms. The highest BCUT2D eigenvalue weighted by molar-refractivity contribution is 8.00. The number of aliphatic hydroxyl groups is 1. The summed E-state index contributed by atoms with van der Waals surface area (Å²) in [6, 6.07) is 11.6. The summed E-state index contributed by atoms with van der Waals surface area (Å²) in [4.78, 5) is 41.7. The molecule has 0 saturated carbocycles. The van der Waals surface area contributed by atoms with Crippen LogP contribution in [-0.2, 0) is 16.1 Å². The zero-order valence-corrected chi connectivity index (χ0v) is 22.1. The van der Waals surface area contributed by atoms with E-state index >= 15 is 4.39 Å². The maximum Gasteiger partial charge on any atom is 0.414 e. The molecule has 3 aromatic rings. The number of thioether (sulfide) groups is 1. The number of pyridine rings is 1. The second-order valence-electron chi connectivity index (χ2n) is 10.1. The van der Waals surface area contributed by atoms with Gasteiger partial charge in [0.15, 0.2) is 0 Å². The van der Waals surface area contributed by atoms with Gasteiger partial charge in [-0.05, 0) is 67.6 Å². The Labute approximate surface area is 228 Å². The molecule has 11 heteroatoms. The topological polar surface area (TPSA) is 104 Å². The van der Waals surface area contributed by atoms with Crippen LogP contribution in [0.1, 0.15) is 30.9 Å². The van der Waals surface area contributed by atoms with Crippen molar-refractivity contribution in [1.82, 2.24) is 9.47 Å². The van der Waals surface area contributed by atoms with Crippen LogP contribution in [0.25, 0.3) is 10.9 Å². The lowest BCUT2D eigenvalue weighted by atomic mass is 10.0. The van der Waals surface area contributed by atoms with Crippen molar-refractivity contribution in [2.24, 2.45) is 0 Å². The van der Waals surface area contributed by atoms with Crippen LogP contribution in [0.4, 0.5) is 20.6 Å². The summed E-state index contributed by atoms with van der Waals surface area (Å²) in [6.07, 6.45) is 1.10. The van der Waals surface area contributed by atoms with Crippen LogP contribution in [0.2, 0.25) is 0 Å². The summed E-state index contributed by atoms with van der Waals surface area (Å²) in [7, 11) is 0. The number of anilines is 2. The van der Waals surface area contributed by atoms with Crippen molar-refractivity contribution in [1.29, 1.82) is 0 Å². The van der Waals surface area contributed by atoms with Crippen LogP contribution in [0.3, 0.4) is 0 Å². The van der Waals surface area contributed by atoms with Gasteiger partial charge in [-0.1, -0.05) is 0 Å². The highest BCUT2D eigenvalue weighted by atomic mass is 32.2. The lowest BCUT2D eigenvalue weighted by Gasteiger charge is -2.29. The average Bonchev–Trinajstić information content (AvgIpc) is 3.51. The number of hydrogen-bond donors (Lipinski definition) is 2. The molecule has 1 unspecified atom stereocenters. The molecule has 2 aromatic carbocycles. The Morgan fingerprint density at radius 1 is 1.08 bits per heavy atom. The van der Waals surface area contributed by atoms with Crippen LogP contribution < -0.4 is 15.8 Å². The molecule has 2 N–H and O–H groups in total. The summed E-state index contributed by atoms with van der Waals surface area (Å²) in [5.41, 5.74) is 2.38. The minimum absolute atomic E-state index is 0.0116. The van der Waals surface area contributed by atoms with Crippen molar-refractivity contribution in [3.8, 4) is 0 Å². The Morgan fingerprint density at radius 3 is 2.74 bits per heavy atom. The molecule has 3 aliphatic rings. The highest BCUT2D eigenvalue weighted by Gasteiger charge is 2.35. The van der Waals surface area contributed by atoms with Crippen LogP contribution in [0, 0.1) is 5.82 Å². The van der Waals surface area contributed by atoms with Crippen molar-refractivity contribution in [2.45, 2.75) is 42.8 Å². The number of nitrogens with zero attached hydrogens (tertiary/aromatic N) is 3. The number of aliphatic hydroxyl groups excluding tert-OH is 1. The summed E-state index contributed by atoms with van der Waals surface area (Å²) < 4.78 is 22.4. The van der Waals surface area contributed by atoms with Gasteiger partial charge >= 0.3 is 6.09 Å². The average molecular weight is 553 g/mol. The van der Waals surface area contributed by atoms with E-state index in [0.29, 0.717) is 73.6 Å². The first-order valence-corrected chi connectivity index (χ1v) is 14.1. The molecule has 204 valence electrons. The number of cyclic esters (lactones) is 1. The van der Waals surface area contributed by atoms with Crippen LogP contribution in [0.15, 0.2) is 52.2 Å². The fourth-order valence-corrected chi connectivity index (χ4v) is 6.59. The molecule has 2 atom stereocenters. The van der Waals surface area contributed by atoms with E-state index in [1.165, 1.54) is 23.9 Å². The van der Waals surface area contributed by atoms with Gasteiger partial charge in [-0.15, -0.1) is 11.8 Å². The van der Waals surface area contributed by atoms with E-state index < -0.39 is 6.09 Å². The first-order chi connectivity index (χ1) is 18.9. The van der Waals surface area contributed by atoms with Gasteiger partial charge in [-0.25, -0.2) is 9.18 Å². The number of benzene rings is 2. The van der Waals surface area contributed by atoms with Crippen molar-refractivity contribution >= 4 is 46.0 Å². The Balaban J connectivity index is 1.13. The number of nitrogens with one attached hydrogen (secondary N) is 1. The number of rotatable bonds is 9. The quantitative estimate of drug-likeness (QED) is 0.417. The molecule has 4 heterocycles. The number of fused-ring (bicyclic) bond motifs is 1. The number of halogens is 1. The fourth-order valence-electron chi connectivity index (χ4n) is 5.80. The largest absolute Gasteiger partial charge is 0.444 e. The van der Waals surface area contributed by atoms with Crippen LogP contribution in [0.5, 0.6) is 0 Å². The molecule has 9 nitrogen and oxygen atoms in total. The van der Waals surface area contributed by atoms with Gasteiger partial charge in [0.05, 0.1) is 29.5 Å². The van der Waals surface area contributed by atoms with E-state index in [1.54, 1.807) is 27.7 Å². The van der Waals surface area contributed by atoms with Gasteiger partial charge in [0, 0.05) is 41.9 Å². The lowest BCUT2D eigenvalue weighted by molar-refractivity contribution is -0.113. The lowest BCUT2D eigenvalue weighted by Crippen LogP contribution is -2.33. The monoisotopic (exact) mass is 552 g/mol. The molecule has 3 aliphatic heterocycles. The summed E-state index contributed by atoms with van der Waals surface area (Å²) in [5, 5.41) is 13.2. The third-order valence-electron chi connectivity index (χ3n) is 7.62. The standard InChI is InChI=1S/C28H29FN4O5S/c29-20-7-4-17-5-9-25(36)33-15-22(26(20)27(17)33)31(11-2-12-34)10-1-3-19-14-32(28(37)38-19)18-6-8-23-21(13-18)30-24(35)16-39-23/h4-9,13,19,22,34H,1-3,10-12,14-16H2,(H,30,35)/t19-,22?/m1/s1. The van der Waals surface area contributed by atoms with Crippen molar-refractivity contribution in [3.05, 3.63) is 64.2 Å². The Morgan fingerprint density at radius 2 is 1.90 bits per heavy atom.